The molecule has 6 heteroatoms. The smallest absolute Gasteiger partial charge is 0.337 e. The van der Waals surface area contributed by atoms with E-state index in [2.05, 4.69) is 4.90 Å². The molecular formula is C21H22ClNO4. The number of likely N-dealkylation sites (tertiary alicyclic amines) is 1. The predicted molar refractivity (Wildman–Crippen MR) is 104 cm³/mol. The molecule has 2 aromatic rings. The van der Waals surface area contributed by atoms with E-state index < -0.39 is 5.97 Å². The molecule has 0 amide bonds. The Morgan fingerprint density at radius 3 is 2.41 bits per heavy atom. The highest BCUT2D eigenvalue weighted by Crippen LogP contribution is 2.27. The van der Waals surface area contributed by atoms with Crippen molar-refractivity contribution in [1.29, 1.82) is 0 Å². The van der Waals surface area contributed by atoms with E-state index in [0.29, 0.717) is 17.1 Å². The molecule has 1 N–H and O–H groups in total. The van der Waals surface area contributed by atoms with Crippen LogP contribution in [-0.4, -0.2) is 42.0 Å². The summed E-state index contributed by atoms with van der Waals surface area (Å²) >= 11 is 6.24. The fourth-order valence-corrected chi connectivity index (χ4v) is 3.72. The number of rotatable bonds is 6. The van der Waals surface area contributed by atoms with Crippen LogP contribution in [0, 0.1) is 5.92 Å². The van der Waals surface area contributed by atoms with Gasteiger partial charge in [-0.2, -0.15) is 0 Å². The lowest BCUT2D eigenvalue weighted by Gasteiger charge is -2.31. The molecule has 0 saturated carbocycles. The summed E-state index contributed by atoms with van der Waals surface area (Å²) in [6.07, 6.45) is 1.56. The van der Waals surface area contributed by atoms with Crippen molar-refractivity contribution in [2.24, 2.45) is 5.92 Å². The monoisotopic (exact) mass is 387 g/mol. The van der Waals surface area contributed by atoms with Gasteiger partial charge in [0, 0.05) is 18.0 Å². The minimum Gasteiger partial charge on any atom is -0.497 e. The highest BCUT2D eigenvalue weighted by Gasteiger charge is 2.26. The lowest BCUT2D eigenvalue weighted by molar-refractivity contribution is 0.0696. The number of hydrogen-bond acceptors (Lipinski definition) is 4. The predicted octanol–water partition coefficient (Wildman–Crippen LogP) is 4.14. The molecule has 1 fully saturated rings. The van der Waals surface area contributed by atoms with E-state index in [1.165, 1.54) is 6.07 Å². The SMILES string of the molecule is COc1ccc(C(=O)C2CCN(Cc3cccc(C(=O)O)c3Cl)CC2)cc1. The first-order valence-electron chi connectivity index (χ1n) is 8.91. The van der Waals surface area contributed by atoms with Crippen LogP contribution in [0.15, 0.2) is 42.5 Å². The number of benzene rings is 2. The number of ketones is 1. The Morgan fingerprint density at radius 2 is 1.81 bits per heavy atom. The first-order chi connectivity index (χ1) is 13.0. The second-order valence-electron chi connectivity index (χ2n) is 6.73. The number of halogens is 1. The van der Waals surface area contributed by atoms with Crippen molar-refractivity contribution < 1.29 is 19.4 Å². The molecule has 1 aliphatic rings. The van der Waals surface area contributed by atoms with Crippen molar-refractivity contribution in [3.63, 3.8) is 0 Å². The molecular weight excluding hydrogens is 366 g/mol. The molecule has 0 bridgehead atoms. The summed E-state index contributed by atoms with van der Waals surface area (Å²) in [6, 6.07) is 12.3. The van der Waals surface area contributed by atoms with Gasteiger partial charge in [0.2, 0.25) is 0 Å². The number of piperidine rings is 1. The molecule has 5 nitrogen and oxygen atoms in total. The number of carboxylic acid groups (broad SMARTS) is 1. The van der Waals surface area contributed by atoms with Crippen molar-refractivity contribution >= 4 is 23.4 Å². The zero-order valence-electron chi connectivity index (χ0n) is 15.2. The number of carbonyl (C=O) groups excluding carboxylic acids is 1. The molecule has 142 valence electrons. The molecule has 1 saturated heterocycles. The van der Waals surface area contributed by atoms with Crippen LogP contribution in [0.4, 0.5) is 0 Å². The van der Waals surface area contributed by atoms with Gasteiger partial charge in [0.25, 0.3) is 0 Å². The van der Waals surface area contributed by atoms with Crippen LogP contribution in [0.3, 0.4) is 0 Å². The maximum atomic E-state index is 12.7. The summed E-state index contributed by atoms with van der Waals surface area (Å²) in [7, 11) is 1.60. The average Bonchev–Trinajstić information content (AvgIpc) is 2.69. The normalized spacial score (nSPS) is 15.5. The van der Waals surface area contributed by atoms with E-state index in [-0.39, 0.29) is 17.3 Å². The van der Waals surface area contributed by atoms with Crippen LogP contribution < -0.4 is 4.74 Å². The Hall–Kier alpha value is -2.37. The van der Waals surface area contributed by atoms with Crippen molar-refractivity contribution in [1.82, 2.24) is 4.90 Å². The van der Waals surface area contributed by atoms with Crippen molar-refractivity contribution in [3.8, 4) is 5.75 Å². The highest BCUT2D eigenvalue weighted by atomic mass is 35.5. The van der Waals surface area contributed by atoms with Crippen molar-refractivity contribution in [2.75, 3.05) is 20.2 Å². The number of ether oxygens (including phenoxy) is 1. The van der Waals surface area contributed by atoms with Gasteiger partial charge in [0.05, 0.1) is 17.7 Å². The fraction of sp³-hybridized carbons (Fsp3) is 0.333. The number of hydrogen-bond donors (Lipinski definition) is 1. The zero-order valence-corrected chi connectivity index (χ0v) is 15.9. The summed E-state index contributed by atoms with van der Waals surface area (Å²) in [5.41, 5.74) is 1.64. The number of aromatic carboxylic acids is 1. The summed E-state index contributed by atoms with van der Waals surface area (Å²) in [6.45, 7) is 2.14. The molecule has 0 spiro atoms. The summed E-state index contributed by atoms with van der Waals surface area (Å²) in [5.74, 6) is -0.105. The molecule has 1 heterocycles. The van der Waals surface area contributed by atoms with Crippen LogP contribution in [-0.2, 0) is 6.54 Å². The molecule has 27 heavy (non-hydrogen) atoms. The minimum absolute atomic E-state index is 0.00970. The topological polar surface area (TPSA) is 66.8 Å². The lowest BCUT2D eigenvalue weighted by atomic mass is 9.88. The van der Waals surface area contributed by atoms with E-state index in [4.69, 9.17) is 16.3 Å². The molecule has 1 aliphatic heterocycles. The Morgan fingerprint density at radius 1 is 1.15 bits per heavy atom. The molecule has 0 unspecified atom stereocenters. The number of methoxy groups -OCH3 is 1. The second-order valence-corrected chi connectivity index (χ2v) is 7.10. The van der Waals surface area contributed by atoms with Gasteiger partial charge in [0.1, 0.15) is 5.75 Å². The molecule has 0 atom stereocenters. The van der Waals surface area contributed by atoms with E-state index in [1.54, 1.807) is 25.3 Å². The van der Waals surface area contributed by atoms with Gasteiger partial charge in [-0.15, -0.1) is 0 Å². The van der Waals surface area contributed by atoms with Gasteiger partial charge in [0.15, 0.2) is 5.78 Å². The highest BCUT2D eigenvalue weighted by molar-refractivity contribution is 6.34. The van der Waals surface area contributed by atoms with E-state index in [1.807, 2.05) is 18.2 Å². The molecule has 0 aliphatic carbocycles. The third-order valence-corrected chi connectivity index (χ3v) is 5.48. The van der Waals surface area contributed by atoms with Gasteiger partial charge in [-0.25, -0.2) is 4.79 Å². The third-order valence-electron chi connectivity index (χ3n) is 5.04. The van der Waals surface area contributed by atoms with E-state index in [9.17, 15) is 14.7 Å². The van der Waals surface area contributed by atoms with Gasteiger partial charge in [-0.3, -0.25) is 9.69 Å². The van der Waals surface area contributed by atoms with Gasteiger partial charge < -0.3 is 9.84 Å². The van der Waals surface area contributed by atoms with Crippen LogP contribution in [0.25, 0.3) is 0 Å². The standard InChI is InChI=1S/C21H22ClNO4/c1-27-17-7-5-14(6-8-17)20(24)15-9-11-23(12-10-15)13-16-3-2-4-18(19(16)22)21(25)26/h2-8,15H,9-13H2,1H3,(H,25,26). The lowest BCUT2D eigenvalue weighted by Crippen LogP contribution is -2.36. The average molecular weight is 388 g/mol. The quantitative estimate of drug-likeness (QED) is 0.754. The van der Waals surface area contributed by atoms with Gasteiger partial charge >= 0.3 is 5.97 Å². The Labute approximate surface area is 163 Å². The van der Waals surface area contributed by atoms with Gasteiger partial charge in [-0.05, 0) is 61.8 Å². The van der Waals surface area contributed by atoms with E-state index in [0.717, 1.165) is 37.2 Å². The largest absolute Gasteiger partial charge is 0.497 e. The number of carboxylic acids is 1. The Bertz CT molecular complexity index is 827. The van der Waals surface area contributed by atoms with Crippen molar-refractivity contribution in [2.45, 2.75) is 19.4 Å². The third kappa shape index (κ3) is 4.49. The van der Waals surface area contributed by atoms with Gasteiger partial charge in [-0.1, -0.05) is 23.7 Å². The first-order valence-corrected chi connectivity index (χ1v) is 9.28. The fourth-order valence-electron chi connectivity index (χ4n) is 3.45. The molecule has 2 aromatic carbocycles. The van der Waals surface area contributed by atoms with Crippen LogP contribution >= 0.6 is 11.6 Å². The summed E-state index contributed by atoms with van der Waals surface area (Å²) in [4.78, 5) is 26.1. The Balaban J connectivity index is 1.59. The molecule has 3 rings (SSSR count). The maximum absolute atomic E-state index is 12.7. The molecule has 0 aromatic heterocycles. The molecule has 0 radical (unpaired) electrons. The summed E-state index contributed by atoms with van der Waals surface area (Å²) in [5, 5.41) is 9.48. The Kier molecular flexibility index (Phi) is 6.14. The zero-order chi connectivity index (χ0) is 19.4. The maximum Gasteiger partial charge on any atom is 0.337 e. The first kappa shape index (κ1) is 19.4. The van der Waals surface area contributed by atoms with Crippen LogP contribution in [0.1, 0.15) is 39.1 Å². The van der Waals surface area contributed by atoms with Crippen LogP contribution in [0.5, 0.6) is 5.75 Å². The van der Waals surface area contributed by atoms with Crippen LogP contribution in [0.2, 0.25) is 5.02 Å². The number of Topliss-reactive ketones (excluding diaryl/α,β-unsaturated/α-hetero) is 1. The van der Waals surface area contributed by atoms with E-state index >= 15 is 0 Å². The summed E-state index contributed by atoms with van der Waals surface area (Å²) < 4.78 is 5.13. The minimum atomic E-state index is -1.02. The second kappa shape index (κ2) is 8.55. The van der Waals surface area contributed by atoms with Crippen molar-refractivity contribution in [3.05, 3.63) is 64.2 Å². The number of carbonyl (C=O) groups is 2. The number of nitrogens with zero attached hydrogens (tertiary/aromatic N) is 1.